The monoisotopic (exact) mass is 252 g/mol. The Labute approximate surface area is 95.4 Å². The van der Waals surface area contributed by atoms with Crippen molar-refractivity contribution in [3.63, 3.8) is 0 Å². The summed E-state index contributed by atoms with van der Waals surface area (Å²) in [6.45, 7) is 0. The van der Waals surface area contributed by atoms with Crippen LogP contribution in [0.5, 0.6) is 0 Å². The summed E-state index contributed by atoms with van der Waals surface area (Å²) in [6.07, 6.45) is -1.64. The molecule has 3 nitrogen and oxygen atoms in total. The predicted molar refractivity (Wildman–Crippen MR) is 53.4 cm³/mol. The number of esters is 1. The zero-order valence-corrected chi connectivity index (χ0v) is 9.14. The standard InChI is InChI=1S/C9H7Cl2FO3/c1-15-9(14)8(13)5-2-4(10)3-6(12)7(5)11/h2-3,8,13H,1H3. The molecule has 15 heavy (non-hydrogen) atoms. The third-order valence-corrected chi connectivity index (χ3v) is 2.36. The van der Waals surface area contributed by atoms with Crippen LogP contribution in [0.1, 0.15) is 11.7 Å². The van der Waals surface area contributed by atoms with Gasteiger partial charge >= 0.3 is 5.97 Å². The molecule has 0 heterocycles. The van der Waals surface area contributed by atoms with E-state index in [1.807, 2.05) is 0 Å². The van der Waals surface area contributed by atoms with Crippen LogP contribution >= 0.6 is 23.2 Å². The molecule has 1 unspecified atom stereocenters. The second-order valence-corrected chi connectivity index (χ2v) is 3.53. The Morgan fingerprint density at radius 2 is 2.13 bits per heavy atom. The number of hydrogen-bond donors (Lipinski definition) is 1. The largest absolute Gasteiger partial charge is 0.467 e. The van der Waals surface area contributed by atoms with E-state index < -0.39 is 17.9 Å². The molecule has 6 heteroatoms. The van der Waals surface area contributed by atoms with E-state index in [4.69, 9.17) is 23.2 Å². The Bertz CT molecular complexity index is 395. The topological polar surface area (TPSA) is 46.5 Å². The maximum absolute atomic E-state index is 13.1. The lowest BCUT2D eigenvalue weighted by Crippen LogP contribution is -2.14. The molecule has 82 valence electrons. The minimum atomic E-state index is -1.64. The van der Waals surface area contributed by atoms with Crippen molar-refractivity contribution in [2.75, 3.05) is 7.11 Å². The molecular weight excluding hydrogens is 246 g/mol. The number of carbonyl (C=O) groups excluding carboxylic acids is 1. The first-order valence-electron chi connectivity index (χ1n) is 3.87. The first-order valence-corrected chi connectivity index (χ1v) is 4.63. The number of carbonyl (C=O) groups is 1. The van der Waals surface area contributed by atoms with Crippen molar-refractivity contribution in [1.29, 1.82) is 0 Å². The van der Waals surface area contributed by atoms with Crippen LogP contribution in [0.2, 0.25) is 10.0 Å². The fraction of sp³-hybridized carbons (Fsp3) is 0.222. The summed E-state index contributed by atoms with van der Waals surface area (Å²) in [5.41, 5.74) is -0.117. The van der Waals surface area contributed by atoms with E-state index in [1.54, 1.807) is 0 Å². The van der Waals surface area contributed by atoms with Crippen LogP contribution in [0.3, 0.4) is 0 Å². The summed E-state index contributed by atoms with van der Waals surface area (Å²) < 4.78 is 17.4. The highest BCUT2D eigenvalue weighted by Crippen LogP contribution is 2.29. The normalized spacial score (nSPS) is 12.3. The van der Waals surface area contributed by atoms with Crippen molar-refractivity contribution in [3.8, 4) is 0 Å². The van der Waals surface area contributed by atoms with Crippen LogP contribution in [-0.2, 0) is 9.53 Å². The van der Waals surface area contributed by atoms with Crippen molar-refractivity contribution >= 4 is 29.2 Å². The Balaban J connectivity index is 3.19. The first-order chi connectivity index (χ1) is 6.97. The quantitative estimate of drug-likeness (QED) is 0.650. The number of benzene rings is 1. The number of methoxy groups -OCH3 is 1. The molecular formula is C9H7Cl2FO3. The van der Waals surface area contributed by atoms with Gasteiger partial charge in [0.2, 0.25) is 0 Å². The number of ether oxygens (including phenoxy) is 1. The molecule has 1 N–H and O–H groups in total. The van der Waals surface area contributed by atoms with E-state index in [1.165, 1.54) is 6.07 Å². The van der Waals surface area contributed by atoms with Crippen LogP contribution in [-0.4, -0.2) is 18.2 Å². The Morgan fingerprint density at radius 3 is 2.67 bits per heavy atom. The van der Waals surface area contributed by atoms with Gasteiger partial charge in [-0.3, -0.25) is 0 Å². The molecule has 1 aromatic rings. The van der Waals surface area contributed by atoms with Crippen molar-refractivity contribution in [1.82, 2.24) is 0 Å². The van der Waals surface area contributed by atoms with Gasteiger partial charge in [-0.05, 0) is 12.1 Å². The molecule has 0 aliphatic rings. The van der Waals surface area contributed by atoms with Crippen LogP contribution in [0.25, 0.3) is 0 Å². The Kier molecular flexibility index (Phi) is 3.90. The van der Waals surface area contributed by atoms with Crippen molar-refractivity contribution in [2.24, 2.45) is 0 Å². The average molecular weight is 253 g/mol. The van der Waals surface area contributed by atoms with Gasteiger partial charge in [-0.2, -0.15) is 0 Å². The SMILES string of the molecule is COC(=O)C(O)c1cc(Cl)cc(F)c1Cl. The van der Waals surface area contributed by atoms with E-state index in [2.05, 4.69) is 4.74 Å². The number of rotatable bonds is 2. The molecule has 0 aliphatic heterocycles. The third kappa shape index (κ3) is 2.59. The zero-order valence-electron chi connectivity index (χ0n) is 7.63. The molecule has 0 saturated carbocycles. The number of aliphatic hydroxyl groups excluding tert-OH is 1. The number of hydrogen-bond acceptors (Lipinski definition) is 3. The van der Waals surface area contributed by atoms with Gasteiger partial charge in [0.1, 0.15) is 5.82 Å². The van der Waals surface area contributed by atoms with Gasteiger partial charge in [-0.15, -0.1) is 0 Å². The number of aliphatic hydroxyl groups is 1. The first kappa shape index (κ1) is 12.2. The molecule has 0 saturated heterocycles. The maximum atomic E-state index is 13.1. The molecule has 0 amide bonds. The summed E-state index contributed by atoms with van der Waals surface area (Å²) in [5.74, 6) is -1.74. The second-order valence-electron chi connectivity index (χ2n) is 2.72. The maximum Gasteiger partial charge on any atom is 0.339 e. The van der Waals surface area contributed by atoms with Gasteiger partial charge in [-0.25, -0.2) is 9.18 Å². The summed E-state index contributed by atoms with van der Waals surface area (Å²) in [7, 11) is 1.10. The highest BCUT2D eigenvalue weighted by Gasteiger charge is 2.23. The molecule has 0 aliphatic carbocycles. The summed E-state index contributed by atoms with van der Waals surface area (Å²) in [6, 6.07) is 2.19. The van der Waals surface area contributed by atoms with Gasteiger partial charge in [0.25, 0.3) is 0 Å². The molecule has 0 radical (unpaired) electrons. The van der Waals surface area contributed by atoms with Crippen molar-refractivity contribution in [3.05, 3.63) is 33.6 Å². The van der Waals surface area contributed by atoms with Gasteiger partial charge in [0.05, 0.1) is 12.1 Å². The zero-order chi connectivity index (χ0) is 11.6. The van der Waals surface area contributed by atoms with Gasteiger partial charge in [0, 0.05) is 10.6 Å². The molecule has 0 aromatic heterocycles. The van der Waals surface area contributed by atoms with E-state index in [-0.39, 0.29) is 15.6 Å². The summed E-state index contributed by atoms with van der Waals surface area (Å²) >= 11 is 11.1. The van der Waals surface area contributed by atoms with Gasteiger partial charge in [0.15, 0.2) is 6.10 Å². The van der Waals surface area contributed by atoms with Crippen LogP contribution in [0.4, 0.5) is 4.39 Å². The van der Waals surface area contributed by atoms with Crippen molar-refractivity contribution < 1.29 is 19.0 Å². The predicted octanol–water partition coefficient (Wildman–Crippen LogP) is 2.34. The molecule has 0 spiro atoms. The minimum absolute atomic E-state index is 0.0369. The summed E-state index contributed by atoms with van der Waals surface area (Å²) in [4.78, 5) is 11.0. The van der Waals surface area contributed by atoms with E-state index in [9.17, 15) is 14.3 Å². The molecule has 1 aromatic carbocycles. The number of halogens is 3. The summed E-state index contributed by atoms with van der Waals surface area (Å²) in [5, 5.41) is 9.12. The minimum Gasteiger partial charge on any atom is -0.467 e. The lowest BCUT2D eigenvalue weighted by molar-refractivity contribution is -0.150. The lowest BCUT2D eigenvalue weighted by atomic mass is 10.1. The molecule has 1 rings (SSSR count). The highest BCUT2D eigenvalue weighted by molar-refractivity contribution is 6.33. The fourth-order valence-corrected chi connectivity index (χ4v) is 1.44. The van der Waals surface area contributed by atoms with Gasteiger partial charge < -0.3 is 9.84 Å². The van der Waals surface area contributed by atoms with Crippen LogP contribution in [0, 0.1) is 5.82 Å². The second kappa shape index (κ2) is 4.79. The van der Waals surface area contributed by atoms with Crippen molar-refractivity contribution in [2.45, 2.75) is 6.10 Å². The Morgan fingerprint density at radius 1 is 1.53 bits per heavy atom. The third-order valence-electron chi connectivity index (χ3n) is 1.74. The van der Waals surface area contributed by atoms with E-state index >= 15 is 0 Å². The van der Waals surface area contributed by atoms with E-state index in [0.717, 1.165) is 13.2 Å². The Hall–Kier alpha value is -0.840. The molecule has 0 bridgehead atoms. The highest BCUT2D eigenvalue weighted by atomic mass is 35.5. The van der Waals surface area contributed by atoms with Crippen LogP contribution < -0.4 is 0 Å². The smallest absolute Gasteiger partial charge is 0.339 e. The fourth-order valence-electron chi connectivity index (χ4n) is 1.01. The molecule has 1 atom stereocenters. The van der Waals surface area contributed by atoms with E-state index in [0.29, 0.717) is 0 Å². The molecule has 0 fully saturated rings. The van der Waals surface area contributed by atoms with Gasteiger partial charge in [-0.1, -0.05) is 23.2 Å². The lowest BCUT2D eigenvalue weighted by Gasteiger charge is -2.11. The average Bonchev–Trinajstić information content (AvgIpc) is 2.21. The van der Waals surface area contributed by atoms with Crippen LogP contribution in [0.15, 0.2) is 12.1 Å².